The molecule has 0 saturated carbocycles. The lowest BCUT2D eigenvalue weighted by atomic mass is 10.1. The monoisotopic (exact) mass is 242 g/mol. The zero-order chi connectivity index (χ0) is 13.0. The van der Waals surface area contributed by atoms with Crippen LogP contribution in [0.1, 0.15) is 11.3 Å². The van der Waals surface area contributed by atoms with Crippen molar-refractivity contribution in [3.63, 3.8) is 0 Å². The SMILES string of the molecule is CNCc1ccc(-c2cc(C#N)ccc2OC)o1. The van der Waals surface area contributed by atoms with E-state index < -0.39 is 0 Å². The molecule has 1 aromatic heterocycles. The summed E-state index contributed by atoms with van der Waals surface area (Å²) in [4.78, 5) is 0. The van der Waals surface area contributed by atoms with Crippen LogP contribution in [-0.2, 0) is 6.54 Å². The molecule has 0 spiro atoms. The number of hydrogen-bond acceptors (Lipinski definition) is 4. The van der Waals surface area contributed by atoms with E-state index in [1.54, 1.807) is 25.3 Å². The Bertz CT molecular complexity index is 582. The van der Waals surface area contributed by atoms with Crippen LogP contribution in [0, 0.1) is 11.3 Å². The number of furan rings is 1. The Hall–Kier alpha value is -2.25. The molecule has 2 aromatic rings. The van der Waals surface area contributed by atoms with E-state index in [1.165, 1.54) is 0 Å². The second kappa shape index (κ2) is 5.39. The summed E-state index contributed by atoms with van der Waals surface area (Å²) in [7, 11) is 3.46. The summed E-state index contributed by atoms with van der Waals surface area (Å²) in [5, 5.41) is 12.0. The normalized spacial score (nSPS) is 10.1. The number of nitrogens with one attached hydrogen (secondary N) is 1. The highest BCUT2D eigenvalue weighted by Gasteiger charge is 2.11. The molecule has 0 fully saturated rings. The van der Waals surface area contributed by atoms with Gasteiger partial charge in [0.2, 0.25) is 0 Å². The molecule has 0 amide bonds. The van der Waals surface area contributed by atoms with Crippen molar-refractivity contribution < 1.29 is 9.15 Å². The van der Waals surface area contributed by atoms with Gasteiger partial charge in [0.15, 0.2) is 0 Å². The van der Waals surface area contributed by atoms with Crippen molar-refractivity contribution in [2.24, 2.45) is 0 Å². The van der Waals surface area contributed by atoms with Crippen LogP contribution >= 0.6 is 0 Å². The van der Waals surface area contributed by atoms with E-state index in [2.05, 4.69) is 11.4 Å². The lowest BCUT2D eigenvalue weighted by Gasteiger charge is -2.06. The molecule has 0 aliphatic rings. The predicted molar refractivity (Wildman–Crippen MR) is 68.2 cm³/mol. The molecule has 1 aromatic carbocycles. The fraction of sp³-hybridized carbons (Fsp3) is 0.214. The third-order valence-corrected chi connectivity index (χ3v) is 2.61. The molecule has 0 atom stereocenters. The van der Waals surface area contributed by atoms with Crippen molar-refractivity contribution in [1.82, 2.24) is 5.32 Å². The smallest absolute Gasteiger partial charge is 0.138 e. The number of benzene rings is 1. The molecule has 0 aliphatic heterocycles. The molecular formula is C14H14N2O2. The van der Waals surface area contributed by atoms with E-state index in [4.69, 9.17) is 14.4 Å². The molecule has 2 rings (SSSR count). The van der Waals surface area contributed by atoms with Gasteiger partial charge in [-0.2, -0.15) is 5.26 Å². The lowest BCUT2D eigenvalue weighted by molar-refractivity contribution is 0.413. The second-order valence-corrected chi connectivity index (χ2v) is 3.82. The molecule has 4 nitrogen and oxygen atoms in total. The fourth-order valence-corrected chi connectivity index (χ4v) is 1.76. The molecule has 92 valence electrons. The largest absolute Gasteiger partial charge is 0.496 e. The molecule has 0 saturated heterocycles. The van der Waals surface area contributed by atoms with E-state index in [0.717, 1.165) is 11.3 Å². The highest BCUT2D eigenvalue weighted by molar-refractivity contribution is 5.68. The minimum absolute atomic E-state index is 0.581. The molecule has 0 radical (unpaired) electrons. The first-order valence-corrected chi connectivity index (χ1v) is 5.60. The van der Waals surface area contributed by atoms with Crippen molar-refractivity contribution in [2.45, 2.75) is 6.54 Å². The maximum atomic E-state index is 8.93. The number of nitrogens with zero attached hydrogens (tertiary/aromatic N) is 1. The quantitative estimate of drug-likeness (QED) is 0.895. The molecule has 4 heteroatoms. The summed E-state index contributed by atoms with van der Waals surface area (Å²) < 4.78 is 11.0. The Labute approximate surface area is 106 Å². The first-order valence-electron chi connectivity index (χ1n) is 5.60. The molecule has 0 aliphatic carbocycles. The molecule has 1 heterocycles. The predicted octanol–water partition coefficient (Wildman–Crippen LogP) is 2.55. The van der Waals surface area contributed by atoms with E-state index in [9.17, 15) is 0 Å². The van der Waals surface area contributed by atoms with E-state index in [-0.39, 0.29) is 0 Å². The summed E-state index contributed by atoms with van der Waals surface area (Å²) in [5.74, 6) is 2.24. The average Bonchev–Trinajstić information content (AvgIpc) is 2.87. The van der Waals surface area contributed by atoms with Crippen LogP contribution in [0.4, 0.5) is 0 Å². The standard InChI is InChI=1S/C14H14N2O2/c1-16-9-11-4-6-14(18-11)12-7-10(8-15)3-5-13(12)17-2/h3-7,16H,9H2,1-2H3. The maximum Gasteiger partial charge on any atom is 0.138 e. The summed E-state index contributed by atoms with van der Waals surface area (Å²) in [6.07, 6.45) is 0. The molecule has 18 heavy (non-hydrogen) atoms. The zero-order valence-electron chi connectivity index (χ0n) is 10.4. The lowest BCUT2D eigenvalue weighted by Crippen LogP contribution is -2.03. The number of ether oxygens (including phenoxy) is 1. The molecular weight excluding hydrogens is 228 g/mol. The molecule has 0 bridgehead atoms. The van der Waals surface area contributed by atoms with Crippen molar-refractivity contribution in [3.05, 3.63) is 41.7 Å². The first-order chi connectivity index (χ1) is 8.78. The Morgan fingerprint density at radius 2 is 2.17 bits per heavy atom. The number of rotatable bonds is 4. The number of hydrogen-bond donors (Lipinski definition) is 1. The van der Waals surface area contributed by atoms with Gasteiger partial charge >= 0.3 is 0 Å². The fourth-order valence-electron chi connectivity index (χ4n) is 1.76. The van der Waals surface area contributed by atoms with Gasteiger partial charge < -0.3 is 14.5 Å². The van der Waals surface area contributed by atoms with Gasteiger partial charge in [0.1, 0.15) is 17.3 Å². The summed E-state index contributed by atoms with van der Waals surface area (Å²) in [5.41, 5.74) is 1.37. The van der Waals surface area contributed by atoms with Crippen molar-refractivity contribution in [2.75, 3.05) is 14.2 Å². The number of nitriles is 1. The van der Waals surface area contributed by atoms with Crippen molar-refractivity contribution >= 4 is 0 Å². The molecule has 1 N–H and O–H groups in total. The van der Waals surface area contributed by atoms with Gasteiger partial charge in [-0.1, -0.05) is 0 Å². The number of methoxy groups -OCH3 is 1. The summed E-state index contributed by atoms with van der Waals surface area (Å²) in [6, 6.07) is 11.2. The topological polar surface area (TPSA) is 58.2 Å². The van der Waals surface area contributed by atoms with Crippen molar-refractivity contribution in [1.29, 1.82) is 5.26 Å². The van der Waals surface area contributed by atoms with Gasteiger partial charge in [0.25, 0.3) is 0 Å². The Balaban J connectivity index is 2.44. The second-order valence-electron chi connectivity index (χ2n) is 3.82. The Morgan fingerprint density at radius 1 is 1.33 bits per heavy atom. The summed E-state index contributed by atoms with van der Waals surface area (Å²) >= 11 is 0. The third-order valence-electron chi connectivity index (χ3n) is 2.61. The highest BCUT2D eigenvalue weighted by Crippen LogP contribution is 2.32. The van der Waals surface area contributed by atoms with Crippen LogP contribution in [0.2, 0.25) is 0 Å². The van der Waals surface area contributed by atoms with Gasteiger partial charge in [-0.05, 0) is 37.4 Å². The van der Waals surface area contributed by atoms with Crippen LogP contribution in [0.25, 0.3) is 11.3 Å². The van der Waals surface area contributed by atoms with Crippen LogP contribution in [-0.4, -0.2) is 14.2 Å². The van der Waals surface area contributed by atoms with E-state index >= 15 is 0 Å². The Kier molecular flexibility index (Phi) is 3.66. The van der Waals surface area contributed by atoms with Crippen LogP contribution < -0.4 is 10.1 Å². The first kappa shape index (κ1) is 12.2. The van der Waals surface area contributed by atoms with Gasteiger partial charge in [-0.3, -0.25) is 0 Å². The van der Waals surface area contributed by atoms with Crippen LogP contribution in [0.5, 0.6) is 5.75 Å². The highest BCUT2D eigenvalue weighted by atomic mass is 16.5. The van der Waals surface area contributed by atoms with E-state index in [1.807, 2.05) is 19.2 Å². The minimum atomic E-state index is 0.581. The molecule has 0 unspecified atom stereocenters. The van der Waals surface area contributed by atoms with Crippen molar-refractivity contribution in [3.8, 4) is 23.1 Å². The minimum Gasteiger partial charge on any atom is -0.496 e. The summed E-state index contributed by atoms with van der Waals surface area (Å²) in [6.45, 7) is 0.667. The third kappa shape index (κ3) is 2.36. The van der Waals surface area contributed by atoms with Gasteiger partial charge in [0.05, 0.1) is 30.9 Å². The zero-order valence-corrected chi connectivity index (χ0v) is 10.4. The average molecular weight is 242 g/mol. The van der Waals surface area contributed by atoms with Crippen LogP contribution in [0.15, 0.2) is 34.7 Å². The van der Waals surface area contributed by atoms with Crippen LogP contribution in [0.3, 0.4) is 0 Å². The Morgan fingerprint density at radius 3 is 2.83 bits per heavy atom. The van der Waals surface area contributed by atoms with E-state index in [0.29, 0.717) is 23.6 Å². The van der Waals surface area contributed by atoms with Gasteiger partial charge in [0, 0.05) is 0 Å². The van der Waals surface area contributed by atoms with Gasteiger partial charge in [-0.15, -0.1) is 0 Å². The maximum absolute atomic E-state index is 8.93. The van der Waals surface area contributed by atoms with Gasteiger partial charge in [-0.25, -0.2) is 0 Å².